The highest BCUT2D eigenvalue weighted by Crippen LogP contribution is 2.16. The van der Waals surface area contributed by atoms with Crippen LogP contribution in [-0.4, -0.2) is 34.5 Å². The lowest BCUT2D eigenvalue weighted by Crippen LogP contribution is -2.28. The lowest BCUT2D eigenvalue weighted by Gasteiger charge is -2.11. The number of aliphatic carboxylic acids is 1. The number of hydrogen-bond acceptors (Lipinski definition) is 3. The second kappa shape index (κ2) is 7.76. The molecule has 2 N–H and O–H groups in total. The maximum Gasteiger partial charge on any atom is 0.316 e. The monoisotopic (exact) mass is 267 g/mol. The van der Waals surface area contributed by atoms with Crippen LogP contribution < -0.4 is 5.32 Å². The molecule has 1 rings (SSSR count). The quantitative estimate of drug-likeness (QED) is 0.786. The van der Waals surface area contributed by atoms with E-state index in [1.165, 1.54) is 0 Å². The van der Waals surface area contributed by atoms with Gasteiger partial charge in [0.25, 0.3) is 0 Å². The zero-order chi connectivity index (χ0) is 13.4. The minimum Gasteiger partial charge on any atom is -0.480 e. The van der Waals surface area contributed by atoms with Crippen molar-refractivity contribution in [1.29, 1.82) is 0 Å². The number of nitrogens with one attached hydrogen (secondary N) is 1. The molecule has 98 valence electrons. The van der Waals surface area contributed by atoms with Crippen molar-refractivity contribution in [2.24, 2.45) is 0 Å². The van der Waals surface area contributed by atoms with E-state index in [4.69, 9.17) is 5.11 Å². The molecule has 0 aromatic heterocycles. The van der Waals surface area contributed by atoms with Crippen molar-refractivity contribution in [3.8, 4) is 0 Å². The van der Waals surface area contributed by atoms with Crippen LogP contribution in [0.5, 0.6) is 0 Å². The van der Waals surface area contributed by atoms with E-state index >= 15 is 0 Å². The van der Waals surface area contributed by atoms with Crippen LogP contribution in [0.2, 0.25) is 0 Å². The third-order valence-corrected chi connectivity index (χ3v) is 3.53. The molecule has 4 nitrogen and oxygen atoms in total. The third-order valence-electron chi connectivity index (χ3n) is 2.33. The van der Waals surface area contributed by atoms with Gasteiger partial charge in [-0.15, -0.1) is 11.8 Å². The molecule has 0 heterocycles. The van der Waals surface area contributed by atoms with Crippen molar-refractivity contribution in [3.63, 3.8) is 0 Å². The van der Waals surface area contributed by atoms with Crippen molar-refractivity contribution in [3.05, 3.63) is 35.9 Å². The molecular weight excluding hydrogens is 250 g/mol. The second-order valence-corrected chi connectivity index (χ2v) is 4.97. The number of carboxylic acids is 1. The van der Waals surface area contributed by atoms with Gasteiger partial charge in [-0.05, 0) is 18.9 Å². The summed E-state index contributed by atoms with van der Waals surface area (Å²) in [5.41, 5.74) is 0.966. The highest BCUT2D eigenvalue weighted by molar-refractivity contribution is 8.01. The Balaban J connectivity index is 2.51. The molecule has 1 aromatic carbocycles. The predicted octanol–water partition coefficient (Wildman–Crippen LogP) is 1.55. The highest BCUT2D eigenvalue weighted by atomic mass is 32.2. The normalized spacial score (nSPS) is 11.8. The Bertz CT molecular complexity index is 394. The Morgan fingerprint density at radius 1 is 1.33 bits per heavy atom. The van der Waals surface area contributed by atoms with Gasteiger partial charge in [-0.2, -0.15) is 0 Å². The first-order chi connectivity index (χ1) is 8.63. The van der Waals surface area contributed by atoms with Crippen LogP contribution in [0.1, 0.15) is 12.5 Å². The minimum atomic E-state index is -0.881. The molecule has 1 atom stereocenters. The van der Waals surface area contributed by atoms with Gasteiger partial charge in [-0.3, -0.25) is 9.59 Å². The lowest BCUT2D eigenvalue weighted by molar-refractivity contribution is -0.136. The van der Waals surface area contributed by atoms with Gasteiger partial charge in [0.05, 0.1) is 5.75 Å². The van der Waals surface area contributed by atoms with E-state index in [1.807, 2.05) is 37.3 Å². The number of benzene rings is 1. The molecule has 0 aliphatic rings. The Kier molecular flexibility index (Phi) is 6.28. The largest absolute Gasteiger partial charge is 0.480 e. The summed E-state index contributed by atoms with van der Waals surface area (Å²) in [4.78, 5) is 22.4. The van der Waals surface area contributed by atoms with Crippen LogP contribution >= 0.6 is 11.8 Å². The van der Waals surface area contributed by atoms with Gasteiger partial charge in [0.1, 0.15) is 5.25 Å². The molecule has 0 saturated heterocycles. The fraction of sp³-hybridized carbons (Fsp3) is 0.385. The summed E-state index contributed by atoms with van der Waals surface area (Å²) in [6.07, 6.45) is 0.431. The Labute approximate surface area is 111 Å². The Morgan fingerprint density at radius 2 is 2.00 bits per heavy atom. The molecule has 0 saturated carbocycles. The Hall–Kier alpha value is -1.49. The standard InChI is InChI=1S/C13H17NO3S/c1-2-14-12(15)9-18-11(13(16)17)8-10-6-4-3-5-7-10/h3-7,11H,2,8-9H2,1H3,(H,14,15)(H,16,17). The number of thioether (sulfide) groups is 1. The third kappa shape index (κ3) is 5.23. The lowest BCUT2D eigenvalue weighted by atomic mass is 10.1. The van der Waals surface area contributed by atoms with Gasteiger partial charge >= 0.3 is 5.97 Å². The summed E-state index contributed by atoms with van der Waals surface area (Å²) in [7, 11) is 0. The average molecular weight is 267 g/mol. The highest BCUT2D eigenvalue weighted by Gasteiger charge is 2.19. The number of hydrogen-bond donors (Lipinski definition) is 2. The summed E-state index contributed by atoms with van der Waals surface area (Å²) in [6, 6.07) is 9.43. The van der Waals surface area contributed by atoms with Crippen molar-refractivity contribution >= 4 is 23.6 Å². The summed E-state index contributed by atoms with van der Waals surface area (Å²) in [5, 5.41) is 11.2. The molecule has 18 heavy (non-hydrogen) atoms. The van der Waals surface area contributed by atoms with Gasteiger partial charge in [-0.25, -0.2) is 0 Å². The van der Waals surface area contributed by atoms with Crippen LogP contribution in [0, 0.1) is 0 Å². The van der Waals surface area contributed by atoms with Crippen molar-refractivity contribution in [2.45, 2.75) is 18.6 Å². The zero-order valence-electron chi connectivity index (χ0n) is 10.3. The molecule has 1 aromatic rings. The van der Waals surface area contributed by atoms with E-state index in [0.717, 1.165) is 17.3 Å². The van der Waals surface area contributed by atoms with E-state index in [0.29, 0.717) is 13.0 Å². The fourth-order valence-corrected chi connectivity index (χ4v) is 2.38. The molecule has 0 radical (unpaired) electrons. The first-order valence-corrected chi connectivity index (χ1v) is 6.83. The van der Waals surface area contributed by atoms with E-state index in [1.54, 1.807) is 0 Å². The van der Waals surface area contributed by atoms with Gasteiger partial charge < -0.3 is 10.4 Å². The van der Waals surface area contributed by atoms with Crippen LogP contribution in [0.4, 0.5) is 0 Å². The summed E-state index contributed by atoms with van der Waals surface area (Å²) < 4.78 is 0. The van der Waals surface area contributed by atoms with E-state index < -0.39 is 11.2 Å². The van der Waals surface area contributed by atoms with Gasteiger partial charge in [0, 0.05) is 6.54 Å². The van der Waals surface area contributed by atoms with Gasteiger partial charge in [0.2, 0.25) is 5.91 Å². The van der Waals surface area contributed by atoms with Crippen LogP contribution in [0.15, 0.2) is 30.3 Å². The summed E-state index contributed by atoms with van der Waals surface area (Å²) >= 11 is 1.16. The maximum absolute atomic E-state index is 11.3. The van der Waals surface area contributed by atoms with E-state index in [2.05, 4.69) is 5.32 Å². The SMILES string of the molecule is CCNC(=O)CSC(Cc1ccccc1)C(=O)O. The minimum absolute atomic E-state index is 0.123. The Morgan fingerprint density at radius 3 is 2.56 bits per heavy atom. The topological polar surface area (TPSA) is 66.4 Å². The average Bonchev–Trinajstić information content (AvgIpc) is 2.35. The first-order valence-electron chi connectivity index (χ1n) is 5.78. The molecule has 0 bridgehead atoms. The number of carboxylic acid groups (broad SMARTS) is 1. The van der Waals surface area contributed by atoms with Crippen molar-refractivity contribution < 1.29 is 14.7 Å². The molecule has 1 unspecified atom stereocenters. The summed E-state index contributed by atoms with van der Waals surface area (Å²) in [6.45, 7) is 2.40. The molecule has 0 spiro atoms. The van der Waals surface area contributed by atoms with Crippen LogP contribution in [0.25, 0.3) is 0 Å². The van der Waals surface area contributed by atoms with E-state index in [9.17, 15) is 9.59 Å². The van der Waals surface area contributed by atoms with Gasteiger partial charge in [-0.1, -0.05) is 30.3 Å². The van der Waals surface area contributed by atoms with Crippen molar-refractivity contribution in [1.82, 2.24) is 5.32 Å². The number of rotatable bonds is 7. The maximum atomic E-state index is 11.3. The predicted molar refractivity (Wildman–Crippen MR) is 72.7 cm³/mol. The fourth-order valence-electron chi connectivity index (χ4n) is 1.47. The van der Waals surface area contributed by atoms with Crippen LogP contribution in [-0.2, 0) is 16.0 Å². The summed E-state index contributed by atoms with van der Waals surface area (Å²) in [5.74, 6) is -0.826. The molecule has 0 aliphatic carbocycles. The molecule has 0 fully saturated rings. The number of amides is 1. The molecule has 0 aliphatic heterocycles. The van der Waals surface area contributed by atoms with Crippen molar-refractivity contribution in [2.75, 3.05) is 12.3 Å². The molecular formula is C13H17NO3S. The number of carbonyl (C=O) groups excluding carboxylic acids is 1. The second-order valence-electron chi connectivity index (χ2n) is 3.78. The molecule has 5 heteroatoms. The zero-order valence-corrected chi connectivity index (χ0v) is 11.1. The van der Waals surface area contributed by atoms with Gasteiger partial charge in [0.15, 0.2) is 0 Å². The smallest absolute Gasteiger partial charge is 0.316 e. The van der Waals surface area contributed by atoms with E-state index in [-0.39, 0.29) is 11.7 Å². The number of carbonyl (C=O) groups is 2. The van der Waals surface area contributed by atoms with Crippen LogP contribution in [0.3, 0.4) is 0 Å². The molecule has 1 amide bonds. The first kappa shape index (κ1) is 14.6.